The molecule has 1 aromatic rings. The molecule has 6 nitrogen and oxygen atoms in total. The summed E-state index contributed by atoms with van der Waals surface area (Å²) in [5, 5.41) is 13.3. The second-order valence-corrected chi connectivity index (χ2v) is 5.64. The van der Waals surface area contributed by atoms with Gasteiger partial charge in [0.15, 0.2) is 0 Å². The van der Waals surface area contributed by atoms with E-state index in [0.717, 1.165) is 0 Å². The molecule has 0 aliphatic heterocycles. The van der Waals surface area contributed by atoms with Crippen LogP contribution in [0, 0.1) is 0 Å². The number of amides is 1. The van der Waals surface area contributed by atoms with E-state index in [4.69, 9.17) is 16.3 Å². The third kappa shape index (κ3) is 6.75. The second kappa shape index (κ2) is 8.17. The van der Waals surface area contributed by atoms with E-state index < -0.39 is 5.60 Å². The van der Waals surface area contributed by atoms with Gasteiger partial charge in [0, 0.05) is 39.9 Å². The predicted octanol–water partition coefficient (Wildman–Crippen LogP) is 1.07. The third-order valence-electron chi connectivity index (χ3n) is 2.99. The number of aromatic nitrogens is 1. The molecular formula is C14H22ClN3O3. The van der Waals surface area contributed by atoms with Crippen molar-refractivity contribution in [3.05, 3.63) is 23.4 Å². The van der Waals surface area contributed by atoms with Crippen molar-refractivity contribution in [1.82, 2.24) is 10.3 Å². The average molecular weight is 316 g/mol. The summed E-state index contributed by atoms with van der Waals surface area (Å²) in [6.45, 7) is 2.43. The molecule has 7 heteroatoms. The number of nitrogens with zero attached hydrogens (tertiary/aromatic N) is 2. The standard InChI is InChI=1S/C14H22ClN3O3/c1-14(20,6-7-21-3)10-17-13(19)9-18(2)12-5-4-11(15)8-16-12/h4-5,8,20H,6-7,9-10H2,1-3H3,(H,17,19). The highest BCUT2D eigenvalue weighted by atomic mass is 35.5. The Hall–Kier alpha value is -1.37. The zero-order valence-corrected chi connectivity index (χ0v) is 13.4. The Morgan fingerprint density at radius 2 is 2.29 bits per heavy atom. The summed E-state index contributed by atoms with van der Waals surface area (Å²) < 4.78 is 4.92. The van der Waals surface area contributed by atoms with Crippen LogP contribution in [0.3, 0.4) is 0 Å². The molecule has 1 heterocycles. The first kappa shape index (κ1) is 17.7. The van der Waals surface area contributed by atoms with Crippen LogP contribution in [0.4, 0.5) is 5.82 Å². The van der Waals surface area contributed by atoms with Gasteiger partial charge in [0.1, 0.15) is 5.82 Å². The van der Waals surface area contributed by atoms with Gasteiger partial charge in [0.05, 0.1) is 17.2 Å². The highest BCUT2D eigenvalue weighted by Gasteiger charge is 2.21. The normalized spacial score (nSPS) is 13.6. The molecule has 1 aromatic heterocycles. The van der Waals surface area contributed by atoms with E-state index in [2.05, 4.69) is 10.3 Å². The molecule has 1 unspecified atom stereocenters. The van der Waals surface area contributed by atoms with Crippen molar-refractivity contribution in [2.45, 2.75) is 18.9 Å². The Labute approximate surface area is 130 Å². The summed E-state index contributed by atoms with van der Waals surface area (Å²) >= 11 is 5.77. The molecular weight excluding hydrogens is 294 g/mol. The number of aliphatic hydroxyl groups is 1. The number of hydrogen-bond donors (Lipinski definition) is 2. The molecule has 1 amide bonds. The zero-order chi connectivity index (χ0) is 15.9. The average Bonchev–Trinajstić information content (AvgIpc) is 2.44. The second-order valence-electron chi connectivity index (χ2n) is 5.21. The van der Waals surface area contributed by atoms with Crippen LogP contribution in [-0.2, 0) is 9.53 Å². The monoisotopic (exact) mass is 315 g/mol. The number of hydrogen-bond acceptors (Lipinski definition) is 5. The summed E-state index contributed by atoms with van der Waals surface area (Å²) in [6.07, 6.45) is 1.99. The summed E-state index contributed by atoms with van der Waals surface area (Å²) in [4.78, 5) is 17.7. The van der Waals surface area contributed by atoms with E-state index >= 15 is 0 Å². The first-order valence-corrected chi connectivity index (χ1v) is 7.02. The summed E-state index contributed by atoms with van der Waals surface area (Å²) in [7, 11) is 3.33. The molecule has 0 saturated heterocycles. The van der Waals surface area contributed by atoms with E-state index in [1.807, 2.05) is 0 Å². The van der Waals surface area contributed by atoms with E-state index in [9.17, 15) is 9.90 Å². The Morgan fingerprint density at radius 3 is 2.86 bits per heavy atom. The molecule has 2 N–H and O–H groups in total. The van der Waals surface area contributed by atoms with Gasteiger partial charge in [-0.3, -0.25) is 4.79 Å². The molecule has 0 spiro atoms. The van der Waals surface area contributed by atoms with E-state index in [1.54, 1.807) is 38.1 Å². The van der Waals surface area contributed by atoms with Gasteiger partial charge in [-0.1, -0.05) is 11.6 Å². The maximum absolute atomic E-state index is 11.9. The summed E-state index contributed by atoms with van der Waals surface area (Å²) in [5.74, 6) is 0.465. The van der Waals surface area contributed by atoms with Crippen LogP contribution in [0.2, 0.25) is 5.02 Å². The van der Waals surface area contributed by atoms with Crippen molar-refractivity contribution < 1.29 is 14.6 Å². The minimum absolute atomic E-state index is 0.148. The number of carbonyl (C=O) groups is 1. The van der Waals surface area contributed by atoms with Gasteiger partial charge < -0.3 is 20.1 Å². The molecule has 0 radical (unpaired) electrons. The predicted molar refractivity (Wildman–Crippen MR) is 82.6 cm³/mol. The maximum atomic E-state index is 11.9. The molecule has 0 aromatic carbocycles. The lowest BCUT2D eigenvalue weighted by Gasteiger charge is -2.24. The van der Waals surface area contributed by atoms with Crippen LogP contribution in [0.25, 0.3) is 0 Å². The number of pyridine rings is 1. The van der Waals surface area contributed by atoms with Gasteiger partial charge in [-0.25, -0.2) is 4.98 Å². The lowest BCUT2D eigenvalue weighted by molar-refractivity contribution is -0.121. The fourth-order valence-electron chi connectivity index (χ4n) is 1.65. The van der Waals surface area contributed by atoms with E-state index in [-0.39, 0.29) is 19.0 Å². The first-order valence-electron chi connectivity index (χ1n) is 6.65. The third-order valence-corrected chi connectivity index (χ3v) is 3.22. The number of nitrogens with one attached hydrogen (secondary N) is 1. The fraction of sp³-hybridized carbons (Fsp3) is 0.571. The first-order chi connectivity index (χ1) is 9.84. The minimum Gasteiger partial charge on any atom is -0.388 e. The molecule has 1 rings (SSSR count). The van der Waals surface area contributed by atoms with Crippen molar-refractivity contribution in [3.63, 3.8) is 0 Å². The van der Waals surface area contributed by atoms with Crippen LogP contribution >= 0.6 is 11.6 Å². The lowest BCUT2D eigenvalue weighted by atomic mass is 10.0. The number of ether oxygens (including phenoxy) is 1. The lowest BCUT2D eigenvalue weighted by Crippen LogP contribution is -2.44. The highest BCUT2D eigenvalue weighted by molar-refractivity contribution is 6.30. The van der Waals surface area contributed by atoms with E-state index in [1.165, 1.54) is 6.20 Å². The van der Waals surface area contributed by atoms with Crippen LogP contribution < -0.4 is 10.2 Å². The van der Waals surface area contributed by atoms with Gasteiger partial charge in [-0.2, -0.15) is 0 Å². The molecule has 21 heavy (non-hydrogen) atoms. The van der Waals surface area contributed by atoms with Crippen LogP contribution in [-0.4, -0.2) is 55.5 Å². The van der Waals surface area contributed by atoms with Crippen LogP contribution in [0.5, 0.6) is 0 Å². The largest absolute Gasteiger partial charge is 0.388 e. The summed E-state index contributed by atoms with van der Waals surface area (Å²) in [6, 6.07) is 3.46. The smallest absolute Gasteiger partial charge is 0.239 e. The Balaban J connectivity index is 2.41. The molecule has 1 atom stereocenters. The Bertz CT molecular complexity index is 451. The molecule has 0 aliphatic rings. The van der Waals surface area contributed by atoms with Gasteiger partial charge in [0.2, 0.25) is 5.91 Å². The number of anilines is 1. The van der Waals surface area contributed by atoms with Gasteiger partial charge in [-0.05, 0) is 19.1 Å². The van der Waals surface area contributed by atoms with E-state index in [0.29, 0.717) is 23.9 Å². The minimum atomic E-state index is -0.983. The van der Waals surface area contributed by atoms with Gasteiger partial charge in [0.25, 0.3) is 0 Å². The van der Waals surface area contributed by atoms with Crippen molar-refractivity contribution in [1.29, 1.82) is 0 Å². The molecule has 0 aliphatic carbocycles. The quantitative estimate of drug-likeness (QED) is 0.751. The van der Waals surface area contributed by atoms with Crippen molar-refractivity contribution in [2.24, 2.45) is 0 Å². The fourth-order valence-corrected chi connectivity index (χ4v) is 1.76. The summed E-state index contributed by atoms with van der Waals surface area (Å²) in [5.41, 5.74) is -0.983. The highest BCUT2D eigenvalue weighted by Crippen LogP contribution is 2.12. The van der Waals surface area contributed by atoms with Crippen molar-refractivity contribution in [2.75, 3.05) is 38.8 Å². The number of halogens is 1. The Kier molecular flexibility index (Phi) is 6.87. The molecule has 0 saturated carbocycles. The number of carbonyl (C=O) groups excluding carboxylic acids is 1. The molecule has 0 fully saturated rings. The Morgan fingerprint density at radius 1 is 1.57 bits per heavy atom. The van der Waals surface area contributed by atoms with Crippen molar-refractivity contribution >= 4 is 23.3 Å². The SMILES string of the molecule is COCCC(C)(O)CNC(=O)CN(C)c1ccc(Cl)cn1. The number of rotatable bonds is 8. The zero-order valence-electron chi connectivity index (χ0n) is 12.6. The van der Waals surface area contributed by atoms with Crippen molar-refractivity contribution in [3.8, 4) is 0 Å². The van der Waals surface area contributed by atoms with Crippen LogP contribution in [0.15, 0.2) is 18.3 Å². The topological polar surface area (TPSA) is 74.7 Å². The molecule has 118 valence electrons. The van der Waals surface area contributed by atoms with Gasteiger partial charge >= 0.3 is 0 Å². The van der Waals surface area contributed by atoms with Crippen LogP contribution in [0.1, 0.15) is 13.3 Å². The number of likely N-dealkylation sites (N-methyl/N-ethyl adjacent to an activating group) is 1. The van der Waals surface area contributed by atoms with Gasteiger partial charge in [-0.15, -0.1) is 0 Å². The maximum Gasteiger partial charge on any atom is 0.239 e. The number of methoxy groups -OCH3 is 1. The molecule has 0 bridgehead atoms.